The Labute approximate surface area is 128 Å². The van der Waals surface area contributed by atoms with Crippen molar-refractivity contribution in [3.8, 4) is 5.88 Å². The average Bonchev–Trinajstić information content (AvgIpc) is 2.47. The number of benzene rings is 1. The van der Waals surface area contributed by atoms with Crippen molar-refractivity contribution < 1.29 is 4.74 Å². The van der Waals surface area contributed by atoms with Crippen LogP contribution in [0.15, 0.2) is 47.1 Å². The minimum absolute atomic E-state index is 0.514. The Balaban J connectivity index is 1.93. The Bertz CT molecular complexity index is 546. The van der Waals surface area contributed by atoms with Crippen LogP contribution in [0.5, 0.6) is 5.88 Å². The summed E-state index contributed by atoms with van der Waals surface area (Å²) in [5.41, 5.74) is 2.30. The van der Waals surface area contributed by atoms with Crippen LogP contribution in [0.1, 0.15) is 24.5 Å². The Kier molecular flexibility index (Phi) is 6.02. The third kappa shape index (κ3) is 4.62. The molecule has 0 saturated carbocycles. The maximum Gasteiger partial charge on any atom is 0.213 e. The zero-order valence-corrected chi connectivity index (χ0v) is 13.2. The highest BCUT2D eigenvalue weighted by Crippen LogP contribution is 2.18. The normalized spacial score (nSPS) is 10.5. The molecule has 0 radical (unpaired) electrons. The molecule has 0 fully saturated rings. The molecule has 4 heteroatoms. The number of nitrogens with one attached hydrogen (secondary N) is 1. The van der Waals surface area contributed by atoms with Gasteiger partial charge in [0.25, 0.3) is 0 Å². The summed E-state index contributed by atoms with van der Waals surface area (Å²) in [5.74, 6) is 0.663. The van der Waals surface area contributed by atoms with Gasteiger partial charge in [-0.25, -0.2) is 4.98 Å². The van der Waals surface area contributed by atoms with E-state index < -0.39 is 0 Å². The lowest BCUT2D eigenvalue weighted by Gasteiger charge is -2.09. The first-order valence-corrected chi connectivity index (χ1v) is 7.60. The fraction of sp³-hybridized carbons (Fsp3) is 0.312. The van der Waals surface area contributed by atoms with E-state index in [1.807, 2.05) is 36.4 Å². The van der Waals surface area contributed by atoms with Crippen molar-refractivity contribution >= 4 is 15.9 Å². The van der Waals surface area contributed by atoms with Crippen molar-refractivity contribution in [2.24, 2.45) is 0 Å². The largest absolute Gasteiger partial charge is 0.473 e. The third-order valence-electron chi connectivity index (χ3n) is 2.89. The van der Waals surface area contributed by atoms with E-state index in [0.717, 1.165) is 29.5 Å². The molecular formula is C16H19BrN2O. The SMILES string of the molecule is CCCNCc1ccnc(OCc2ccccc2Br)c1. The Morgan fingerprint density at radius 3 is 2.90 bits per heavy atom. The summed E-state index contributed by atoms with van der Waals surface area (Å²) in [6.07, 6.45) is 2.93. The molecule has 106 valence electrons. The molecule has 20 heavy (non-hydrogen) atoms. The van der Waals surface area contributed by atoms with Gasteiger partial charge in [0.15, 0.2) is 0 Å². The van der Waals surface area contributed by atoms with E-state index in [9.17, 15) is 0 Å². The first-order chi connectivity index (χ1) is 9.79. The summed E-state index contributed by atoms with van der Waals surface area (Å²) in [6, 6.07) is 12.0. The summed E-state index contributed by atoms with van der Waals surface area (Å²) in [7, 11) is 0. The number of pyridine rings is 1. The standard InChI is InChI=1S/C16H19BrN2O/c1-2-8-18-11-13-7-9-19-16(10-13)20-12-14-5-3-4-6-15(14)17/h3-7,9-10,18H,2,8,11-12H2,1H3. The summed E-state index contributed by atoms with van der Waals surface area (Å²) in [4.78, 5) is 4.25. The molecule has 1 aromatic carbocycles. The molecule has 3 nitrogen and oxygen atoms in total. The van der Waals surface area contributed by atoms with Gasteiger partial charge in [0, 0.05) is 28.8 Å². The third-order valence-corrected chi connectivity index (χ3v) is 3.66. The topological polar surface area (TPSA) is 34.2 Å². The molecule has 0 aliphatic rings. The molecule has 0 amide bonds. The van der Waals surface area contributed by atoms with E-state index in [4.69, 9.17) is 4.74 Å². The van der Waals surface area contributed by atoms with E-state index in [-0.39, 0.29) is 0 Å². The number of hydrogen-bond donors (Lipinski definition) is 1. The predicted octanol–water partition coefficient (Wildman–Crippen LogP) is 3.92. The molecule has 0 aliphatic carbocycles. The summed E-state index contributed by atoms with van der Waals surface area (Å²) in [5, 5.41) is 3.37. The molecule has 1 aromatic heterocycles. The molecule has 1 N–H and O–H groups in total. The van der Waals surface area contributed by atoms with Gasteiger partial charge in [0.2, 0.25) is 5.88 Å². The quantitative estimate of drug-likeness (QED) is 0.779. The number of aromatic nitrogens is 1. The first kappa shape index (κ1) is 15.0. The van der Waals surface area contributed by atoms with Gasteiger partial charge in [0.1, 0.15) is 6.61 Å². The molecule has 2 rings (SSSR count). The Hall–Kier alpha value is -1.39. The Morgan fingerprint density at radius 2 is 2.10 bits per heavy atom. The number of halogens is 1. The van der Waals surface area contributed by atoms with E-state index in [1.165, 1.54) is 5.56 Å². The smallest absolute Gasteiger partial charge is 0.213 e. The maximum absolute atomic E-state index is 5.75. The molecule has 0 spiro atoms. The summed E-state index contributed by atoms with van der Waals surface area (Å²) < 4.78 is 6.81. The van der Waals surface area contributed by atoms with Crippen LogP contribution in [-0.4, -0.2) is 11.5 Å². The maximum atomic E-state index is 5.75. The number of rotatable bonds is 7. The van der Waals surface area contributed by atoms with Crippen molar-refractivity contribution in [3.05, 3.63) is 58.2 Å². The number of nitrogens with zero attached hydrogens (tertiary/aromatic N) is 1. The second kappa shape index (κ2) is 8.02. The van der Waals surface area contributed by atoms with Gasteiger partial charge in [0.05, 0.1) is 0 Å². The van der Waals surface area contributed by atoms with Crippen molar-refractivity contribution in [1.82, 2.24) is 10.3 Å². The van der Waals surface area contributed by atoms with Gasteiger partial charge in [-0.15, -0.1) is 0 Å². The lowest BCUT2D eigenvalue weighted by Crippen LogP contribution is -2.13. The molecule has 0 saturated heterocycles. The average molecular weight is 335 g/mol. The fourth-order valence-electron chi connectivity index (χ4n) is 1.82. The van der Waals surface area contributed by atoms with Crippen LogP contribution in [0.3, 0.4) is 0 Å². The molecule has 0 bridgehead atoms. The van der Waals surface area contributed by atoms with Gasteiger partial charge >= 0.3 is 0 Å². The van der Waals surface area contributed by atoms with Crippen LogP contribution in [-0.2, 0) is 13.2 Å². The van der Waals surface area contributed by atoms with E-state index in [0.29, 0.717) is 12.5 Å². The van der Waals surface area contributed by atoms with E-state index in [1.54, 1.807) is 6.20 Å². The second-order valence-corrected chi connectivity index (χ2v) is 5.41. The van der Waals surface area contributed by atoms with Crippen LogP contribution in [0.2, 0.25) is 0 Å². The van der Waals surface area contributed by atoms with Crippen molar-refractivity contribution in [2.75, 3.05) is 6.54 Å². The van der Waals surface area contributed by atoms with Gasteiger partial charge in [-0.2, -0.15) is 0 Å². The highest BCUT2D eigenvalue weighted by molar-refractivity contribution is 9.10. The molecule has 1 heterocycles. The van der Waals surface area contributed by atoms with Crippen LogP contribution in [0, 0.1) is 0 Å². The highest BCUT2D eigenvalue weighted by Gasteiger charge is 2.02. The molecule has 0 aliphatic heterocycles. The van der Waals surface area contributed by atoms with Gasteiger partial charge in [-0.1, -0.05) is 41.1 Å². The summed E-state index contributed by atoms with van der Waals surface area (Å²) in [6.45, 7) is 4.54. The molecule has 0 atom stereocenters. The Morgan fingerprint density at radius 1 is 1.25 bits per heavy atom. The van der Waals surface area contributed by atoms with E-state index in [2.05, 4.69) is 33.2 Å². The summed E-state index contributed by atoms with van der Waals surface area (Å²) >= 11 is 3.52. The van der Waals surface area contributed by atoms with Crippen LogP contribution >= 0.6 is 15.9 Å². The zero-order valence-electron chi connectivity index (χ0n) is 11.6. The van der Waals surface area contributed by atoms with E-state index >= 15 is 0 Å². The van der Waals surface area contributed by atoms with Gasteiger partial charge < -0.3 is 10.1 Å². The van der Waals surface area contributed by atoms with Gasteiger partial charge in [-0.05, 0) is 30.7 Å². The minimum atomic E-state index is 0.514. The van der Waals surface area contributed by atoms with Crippen LogP contribution in [0.25, 0.3) is 0 Å². The first-order valence-electron chi connectivity index (χ1n) is 6.81. The van der Waals surface area contributed by atoms with Crippen LogP contribution < -0.4 is 10.1 Å². The van der Waals surface area contributed by atoms with Gasteiger partial charge in [-0.3, -0.25) is 0 Å². The lowest BCUT2D eigenvalue weighted by atomic mass is 10.2. The second-order valence-electron chi connectivity index (χ2n) is 4.56. The fourth-order valence-corrected chi connectivity index (χ4v) is 2.22. The van der Waals surface area contributed by atoms with Crippen LogP contribution in [0.4, 0.5) is 0 Å². The lowest BCUT2D eigenvalue weighted by molar-refractivity contribution is 0.293. The molecule has 2 aromatic rings. The molecule has 0 unspecified atom stereocenters. The number of ether oxygens (including phenoxy) is 1. The monoisotopic (exact) mass is 334 g/mol. The zero-order chi connectivity index (χ0) is 14.2. The molecular weight excluding hydrogens is 316 g/mol. The minimum Gasteiger partial charge on any atom is -0.473 e. The predicted molar refractivity (Wildman–Crippen MR) is 84.7 cm³/mol. The van der Waals surface area contributed by atoms with Crippen molar-refractivity contribution in [1.29, 1.82) is 0 Å². The van der Waals surface area contributed by atoms with Crippen molar-refractivity contribution in [2.45, 2.75) is 26.5 Å². The van der Waals surface area contributed by atoms with Crippen molar-refractivity contribution in [3.63, 3.8) is 0 Å². The number of hydrogen-bond acceptors (Lipinski definition) is 3. The highest BCUT2D eigenvalue weighted by atomic mass is 79.9.